The van der Waals surface area contributed by atoms with Crippen molar-refractivity contribution in [1.29, 1.82) is 0 Å². The second-order valence-electron chi connectivity index (χ2n) is 3.69. The van der Waals surface area contributed by atoms with E-state index in [4.69, 9.17) is 34.8 Å². The van der Waals surface area contributed by atoms with E-state index < -0.39 is 8.84 Å². The summed E-state index contributed by atoms with van der Waals surface area (Å²) in [4.78, 5) is 10.5. The van der Waals surface area contributed by atoms with E-state index in [1.165, 1.54) is 6.20 Å². The molecule has 0 spiro atoms. The second-order valence-corrected chi connectivity index (χ2v) is 6.95. The molecule has 1 heterocycles. The van der Waals surface area contributed by atoms with Gasteiger partial charge in [0.25, 0.3) is 5.69 Å². The Balaban J connectivity index is 2.52. The predicted octanol–water partition coefficient (Wildman–Crippen LogP) is 5.27. The van der Waals surface area contributed by atoms with Crippen LogP contribution in [0.5, 0.6) is 0 Å². The molecule has 1 aromatic heterocycles. The topological polar surface area (TPSA) is 48.1 Å². The van der Waals surface area contributed by atoms with Crippen LogP contribution in [0.3, 0.4) is 0 Å². The van der Waals surface area contributed by atoms with Crippen molar-refractivity contribution in [2.24, 2.45) is 0 Å². The van der Waals surface area contributed by atoms with Gasteiger partial charge in [-0.3, -0.25) is 14.1 Å². The molecule has 0 bridgehead atoms. The minimum absolute atomic E-state index is 0.219. The first kappa shape index (κ1) is 15.4. The largest absolute Gasteiger partial charge is 0.323 e. The lowest BCUT2D eigenvalue weighted by atomic mass is 10.1. The van der Waals surface area contributed by atoms with Gasteiger partial charge in [-0.15, -0.1) is 0 Å². The number of halogens is 4. The van der Waals surface area contributed by atoms with Crippen LogP contribution in [-0.4, -0.2) is 12.8 Å². The number of benzene rings is 1. The van der Waals surface area contributed by atoms with Crippen molar-refractivity contribution in [1.82, 2.24) is 3.97 Å². The van der Waals surface area contributed by atoms with Crippen molar-refractivity contribution < 1.29 is 9.31 Å². The van der Waals surface area contributed by atoms with Gasteiger partial charge in [-0.25, -0.2) is 0 Å². The van der Waals surface area contributed by atoms with Gasteiger partial charge < -0.3 is 0 Å². The summed E-state index contributed by atoms with van der Waals surface area (Å²) in [6.45, 7) is 0. The zero-order chi connectivity index (χ0) is 14.9. The number of hydrogen-bond donors (Lipinski definition) is 0. The molecule has 0 atom stereocenters. The van der Waals surface area contributed by atoms with Crippen LogP contribution in [-0.2, 0) is 0 Å². The minimum atomic E-state index is -2.59. The van der Waals surface area contributed by atoms with Crippen LogP contribution in [0.4, 0.5) is 10.1 Å². The predicted molar refractivity (Wildman–Crippen MR) is 80.1 cm³/mol. The molecule has 0 fully saturated rings. The first-order valence-electron chi connectivity index (χ1n) is 5.15. The van der Waals surface area contributed by atoms with Crippen molar-refractivity contribution in [2.75, 3.05) is 0 Å². The zero-order valence-corrected chi connectivity index (χ0v) is 12.7. The third-order valence-electron chi connectivity index (χ3n) is 2.35. The van der Waals surface area contributed by atoms with Crippen LogP contribution >= 0.6 is 46.8 Å². The molecule has 0 aliphatic carbocycles. The quantitative estimate of drug-likeness (QED) is 0.426. The van der Waals surface area contributed by atoms with Gasteiger partial charge in [-0.2, -0.15) is 4.39 Å². The van der Waals surface area contributed by atoms with Crippen molar-refractivity contribution in [3.05, 3.63) is 51.8 Å². The fraction of sp³-hybridized carbons (Fsp3) is 0.0909. The average molecular weight is 356 g/mol. The van der Waals surface area contributed by atoms with Gasteiger partial charge in [-0.05, 0) is 6.07 Å². The summed E-state index contributed by atoms with van der Waals surface area (Å²) < 4.78 is 11.7. The highest BCUT2D eigenvalue weighted by atomic mass is 35.5. The molecular weight excluding hydrogens is 350 g/mol. The molecular formula is C11H6Cl3FN2O2S. The molecule has 0 saturated carbocycles. The van der Waals surface area contributed by atoms with E-state index in [2.05, 4.69) is 0 Å². The third kappa shape index (κ3) is 3.58. The van der Waals surface area contributed by atoms with Gasteiger partial charge in [0.1, 0.15) is 0 Å². The maximum absolute atomic E-state index is 13.2. The third-order valence-corrected chi connectivity index (χ3v) is 3.72. The monoisotopic (exact) mass is 354 g/mol. The lowest BCUT2D eigenvalue weighted by Gasteiger charge is -2.07. The lowest BCUT2D eigenvalue weighted by molar-refractivity contribution is -0.384. The highest BCUT2D eigenvalue weighted by Gasteiger charge is 2.28. The normalized spacial score (nSPS) is 11.6. The van der Waals surface area contributed by atoms with E-state index in [1.807, 2.05) is 0 Å². The average Bonchev–Trinajstić information content (AvgIpc) is 2.71. The molecule has 0 saturated heterocycles. The van der Waals surface area contributed by atoms with Crippen molar-refractivity contribution in [3.8, 4) is 11.1 Å². The summed E-state index contributed by atoms with van der Waals surface area (Å²) in [7, 11) is 0. The first-order chi connectivity index (χ1) is 9.28. The molecule has 0 unspecified atom stereocenters. The SMILES string of the molecule is O=[N+]([O-])c1cn(SC(F)(Cl)Cl)cc1-c1ccccc1Cl. The van der Waals surface area contributed by atoms with Crippen LogP contribution in [0.25, 0.3) is 11.1 Å². The standard InChI is InChI=1S/C11H6Cl3FN2O2S/c12-9-4-2-1-3-7(9)8-5-16(20-11(13,14)15)6-10(8)17(18)19/h1-6H. The number of aromatic nitrogens is 1. The molecule has 9 heteroatoms. The zero-order valence-electron chi connectivity index (χ0n) is 9.60. The number of hydrogen-bond acceptors (Lipinski definition) is 3. The number of rotatable bonds is 4. The Bertz CT molecular complexity index is 657. The van der Waals surface area contributed by atoms with Crippen LogP contribution < -0.4 is 0 Å². The highest BCUT2D eigenvalue weighted by Crippen LogP contribution is 2.41. The molecule has 106 valence electrons. The number of alkyl halides is 3. The Hall–Kier alpha value is -0.950. The minimum Gasteiger partial charge on any atom is -0.287 e. The second kappa shape index (κ2) is 5.81. The fourth-order valence-corrected chi connectivity index (χ4v) is 2.89. The van der Waals surface area contributed by atoms with E-state index in [1.54, 1.807) is 24.3 Å². The van der Waals surface area contributed by atoms with E-state index in [9.17, 15) is 14.5 Å². The summed E-state index contributed by atoms with van der Waals surface area (Å²) >= 11 is 16.9. The van der Waals surface area contributed by atoms with Crippen LogP contribution in [0.1, 0.15) is 0 Å². The number of nitrogens with zero attached hydrogens (tertiary/aromatic N) is 2. The smallest absolute Gasteiger partial charge is 0.287 e. The van der Waals surface area contributed by atoms with Gasteiger partial charge in [0.2, 0.25) is 0 Å². The maximum Gasteiger partial charge on any atom is 0.323 e. The van der Waals surface area contributed by atoms with Gasteiger partial charge >= 0.3 is 3.92 Å². The molecule has 1 aromatic carbocycles. The van der Waals surface area contributed by atoms with Gasteiger partial charge in [-0.1, -0.05) is 53.0 Å². The van der Waals surface area contributed by atoms with Gasteiger partial charge in [0, 0.05) is 28.7 Å². The molecule has 0 aliphatic heterocycles. The summed E-state index contributed by atoms with van der Waals surface area (Å²) in [6.07, 6.45) is 2.48. The summed E-state index contributed by atoms with van der Waals surface area (Å²) in [5, 5.41) is 11.4. The molecule has 4 nitrogen and oxygen atoms in total. The van der Waals surface area contributed by atoms with Gasteiger partial charge in [0.15, 0.2) is 0 Å². The van der Waals surface area contributed by atoms with E-state index in [0.717, 1.165) is 10.2 Å². The first-order valence-corrected chi connectivity index (χ1v) is 7.06. The Kier molecular flexibility index (Phi) is 4.49. The molecule has 20 heavy (non-hydrogen) atoms. The van der Waals surface area contributed by atoms with Crippen molar-refractivity contribution >= 4 is 52.4 Å². The van der Waals surface area contributed by atoms with Crippen molar-refractivity contribution in [3.63, 3.8) is 0 Å². The van der Waals surface area contributed by atoms with E-state index >= 15 is 0 Å². The molecule has 2 aromatic rings. The fourth-order valence-electron chi connectivity index (χ4n) is 1.63. The molecule has 0 N–H and O–H groups in total. The summed E-state index contributed by atoms with van der Waals surface area (Å²) in [5.74, 6) is 0. The van der Waals surface area contributed by atoms with Crippen LogP contribution in [0.2, 0.25) is 5.02 Å². The molecule has 0 radical (unpaired) electrons. The Morgan fingerprint density at radius 1 is 1.25 bits per heavy atom. The highest BCUT2D eigenvalue weighted by molar-refractivity contribution is 8.01. The molecule has 0 aliphatic rings. The van der Waals surface area contributed by atoms with E-state index in [-0.39, 0.29) is 11.3 Å². The summed E-state index contributed by atoms with van der Waals surface area (Å²) in [6, 6.07) is 6.63. The maximum atomic E-state index is 13.2. The number of nitro groups is 1. The molecule has 2 rings (SSSR count). The van der Waals surface area contributed by atoms with E-state index in [0.29, 0.717) is 22.5 Å². The Morgan fingerprint density at radius 3 is 2.45 bits per heavy atom. The van der Waals surface area contributed by atoms with Crippen LogP contribution in [0.15, 0.2) is 36.7 Å². The summed E-state index contributed by atoms with van der Waals surface area (Å²) in [5.41, 5.74) is 0.502. The van der Waals surface area contributed by atoms with Crippen molar-refractivity contribution in [2.45, 2.75) is 3.92 Å². The van der Waals surface area contributed by atoms with Crippen LogP contribution in [0, 0.1) is 10.1 Å². The Labute approximate surface area is 132 Å². The Morgan fingerprint density at radius 2 is 1.90 bits per heavy atom. The van der Waals surface area contributed by atoms with Gasteiger partial charge in [0.05, 0.1) is 16.7 Å². The lowest BCUT2D eigenvalue weighted by Crippen LogP contribution is -1.99. The molecule has 0 amide bonds.